The predicted molar refractivity (Wildman–Crippen MR) is 60.9 cm³/mol. The van der Waals surface area contributed by atoms with Gasteiger partial charge in [0.1, 0.15) is 0 Å². The van der Waals surface area contributed by atoms with Crippen molar-refractivity contribution in [3.8, 4) is 0 Å². The summed E-state index contributed by atoms with van der Waals surface area (Å²) in [5, 5.41) is 5.67. The molecule has 104 valence electrons. The molecule has 1 saturated heterocycles. The number of amides is 1. The Kier molecular flexibility index (Phi) is 4.14. The highest BCUT2D eigenvalue weighted by atomic mass is 19.4. The fourth-order valence-corrected chi connectivity index (χ4v) is 2.87. The molecule has 0 aromatic heterocycles. The van der Waals surface area contributed by atoms with Gasteiger partial charge in [0.15, 0.2) is 0 Å². The number of hydrogen-bond donors (Lipinski definition) is 2. The van der Waals surface area contributed by atoms with E-state index >= 15 is 0 Å². The fourth-order valence-electron chi connectivity index (χ4n) is 2.87. The normalized spacial score (nSPS) is 33.4. The number of rotatable bonds is 2. The SMILES string of the molecule is O=C(NC1CCCCC1C(F)(F)F)C1CCNC1. The van der Waals surface area contributed by atoms with Crippen molar-refractivity contribution in [2.45, 2.75) is 44.3 Å². The van der Waals surface area contributed by atoms with Crippen LogP contribution >= 0.6 is 0 Å². The van der Waals surface area contributed by atoms with Gasteiger partial charge in [-0.2, -0.15) is 13.2 Å². The zero-order valence-electron chi connectivity index (χ0n) is 10.2. The molecule has 1 aliphatic heterocycles. The lowest BCUT2D eigenvalue weighted by atomic mass is 9.83. The maximum atomic E-state index is 12.9. The molecular weight excluding hydrogens is 245 g/mol. The van der Waals surface area contributed by atoms with Gasteiger partial charge in [-0.15, -0.1) is 0 Å². The van der Waals surface area contributed by atoms with E-state index in [1.165, 1.54) is 0 Å². The second-order valence-electron chi connectivity index (χ2n) is 5.24. The van der Waals surface area contributed by atoms with E-state index in [9.17, 15) is 18.0 Å². The number of halogens is 3. The van der Waals surface area contributed by atoms with Crippen molar-refractivity contribution in [2.24, 2.45) is 11.8 Å². The minimum Gasteiger partial charge on any atom is -0.352 e. The van der Waals surface area contributed by atoms with Gasteiger partial charge in [-0.3, -0.25) is 4.79 Å². The van der Waals surface area contributed by atoms with Gasteiger partial charge in [0.25, 0.3) is 0 Å². The van der Waals surface area contributed by atoms with Gasteiger partial charge in [-0.05, 0) is 25.8 Å². The molecule has 1 aliphatic carbocycles. The fraction of sp³-hybridized carbons (Fsp3) is 0.917. The average Bonchev–Trinajstić information content (AvgIpc) is 2.81. The van der Waals surface area contributed by atoms with Crippen LogP contribution in [0, 0.1) is 11.8 Å². The Bertz CT molecular complexity index is 300. The van der Waals surface area contributed by atoms with Crippen molar-refractivity contribution in [3.63, 3.8) is 0 Å². The van der Waals surface area contributed by atoms with Gasteiger partial charge in [-0.1, -0.05) is 12.8 Å². The lowest BCUT2D eigenvalue weighted by Crippen LogP contribution is -2.49. The van der Waals surface area contributed by atoms with Crippen LogP contribution in [0.1, 0.15) is 32.1 Å². The summed E-state index contributed by atoms with van der Waals surface area (Å²) in [7, 11) is 0. The minimum absolute atomic E-state index is 0.136. The summed E-state index contributed by atoms with van der Waals surface area (Å²) in [5.41, 5.74) is 0. The second kappa shape index (κ2) is 5.47. The lowest BCUT2D eigenvalue weighted by Gasteiger charge is -2.34. The minimum atomic E-state index is -4.20. The largest absolute Gasteiger partial charge is 0.393 e. The molecule has 1 heterocycles. The Hall–Kier alpha value is -0.780. The van der Waals surface area contributed by atoms with Crippen LogP contribution in [0.2, 0.25) is 0 Å². The first kappa shape index (κ1) is 13.6. The number of nitrogens with one attached hydrogen (secondary N) is 2. The van der Waals surface area contributed by atoms with Gasteiger partial charge in [0.2, 0.25) is 5.91 Å². The number of carbonyl (C=O) groups is 1. The van der Waals surface area contributed by atoms with Gasteiger partial charge >= 0.3 is 6.18 Å². The zero-order valence-corrected chi connectivity index (χ0v) is 10.2. The Labute approximate surface area is 104 Å². The number of hydrogen-bond acceptors (Lipinski definition) is 2. The third-order valence-electron chi connectivity index (χ3n) is 3.95. The van der Waals surface area contributed by atoms with Crippen LogP contribution in [0.3, 0.4) is 0 Å². The van der Waals surface area contributed by atoms with Crippen LogP contribution in [0.5, 0.6) is 0 Å². The molecule has 3 nitrogen and oxygen atoms in total. The first-order chi connectivity index (χ1) is 8.48. The Morgan fingerprint density at radius 2 is 1.89 bits per heavy atom. The monoisotopic (exact) mass is 264 g/mol. The van der Waals surface area contributed by atoms with E-state index in [0.29, 0.717) is 19.4 Å². The molecule has 0 spiro atoms. The third kappa shape index (κ3) is 3.16. The van der Waals surface area contributed by atoms with Crippen LogP contribution < -0.4 is 10.6 Å². The summed E-state index contributed by atoms with van der Waals surface area (Å²) in [6.07, 6.45) is -1.54. The van der Waals surface area contributed by atoms with E-state index in [1.807, 2.05) is 0 Å². The van der Waals surface area contributed by atoms with Crippen molar-refractivity contribution in [1.29, 1.82) is 0 Å². The molecule has 2 N–H and O–H groups in total. The quantitative estimate of drug-likeness (QED) is 0.799. The van der Waals surface area contributed by atoms with Gasteiger partial charge < -0.3 is 10.6 Å². The summed E-state index contributed by atoms with van der Waals surface area (Å²) in [6.45, 7) is 1.35. The molecule has 0 aromatic rings. The zero-order chi connectivity index (χ0) is 13.2. The molecule has 1 saturated carbocycles. The molecule has 0 bridgehead atoms. The van der Waals surface area contributed by atoms with Gasteiger partial charge in [-0.25, -0.2) is 0 Å². The Morgan fingerprint density at radius 1 is 1.17 bits per heavy atom. The Balaban J connectivity index is 1.94. The van der Waals surface area contributed by atoms with E-state index in [-0.39, 0.29) is 18.2 Å². The first-order valence-corrected chi connectivity index (χ1v) is 6.56. The maximum absolute atomic E-state index is 12.9. The van der Waals surface area contributed by atoms with Crippen LogP contribution in [-0.4, -0.2) is 31.2 Å². The van der Waals surface area contributed by atoms with E-state index in [4.69, 9.17) is 0 Å². The molecule has 2 fully saturated rings. The highest BCUT2D eigenvalue weighted by molar-refractivity contribution is 5.79. The highest BCUT2D eigenvalue weighted by Crippen LogP contribution is 2.37. The van der Waals surface area contributed by atoms with Crippen LogP contribution in [0.25, 0.3) is 0 Å². The summed E-state index contributed by atoms with van der Waals surface area (Å²) < 4.78 is 38.6. The highest BCUT2D eigenvalue weighted by Gasteiger charge is 2.46. The summed E-state index contributed by atoms with van der Waals surface area (Å²) in [5.74, 6) is -1.76. The Morgan fingerprint density at radius 3 is 2.50 bits per heavy atom. The van der Waals surface area contributed by atoms with Crippen molar-refractivity contribution in [1.82, 2.24) is 10.6 Å². The van der Waals surface area contributed by atoms with Crippen molar-refractivity contribution in [2.75, 3.05) is 13.1 Å². The van der Waals surface area contributed by atoms with Crippen molar-refractivity contribution in [3.05, 3.63) is 0 Å². The van der Waals surface area contributed by atoms with E-state index in [2.05, 4.69) is 10.6 Å². The number of carbonyl (C=O) groups excluding carboxylic acids is 1. The van der Waals surface area contributed by atoms with Gasteiger partial charge in [0, 0.05) is 12.6 Å². The smallest absolute Gasteiger partial charge is 0.352 e. The second-order valence-corrected chi connectivity index (χ2v) is 5.24. The molecular formula is C12H19F3N2O. The van der Waals surface area contributed by atoms with E-state index < -0.39 is 18.1 Å². The average molecular weight is 264 g/mol. The van der Waals surface area contributed by atoms with Crippen LogP contribution in [-0.2, 0) is 4.79 Å². The molecule has 0 aromatic carbocycles. The van der Waals surface area contributed by atoms with E-state index in [1.54, 1.807) is 0 Å². The van der Waals surface area contributed by atoms with Crippen molar-refractivity contribution >= 4 is 5.91 Å². The van der Waals surface area contributed by atoms with Crippen molar-refractivity contribution < 1.29 is 18.0 Å². The third-order valence-corrected chi connectivity index (χ3v) is 3.95. The van der Waals surface area contributed by atoms with Crippen LogP contribution in [0.4, 0.5) is 13.2 Å². The molecule has 2 aliphatic rings. The summed E-state index contributed by atoms with van der Waals surface area (Å²) >= 11 is 0. The van der Waals surface area contributed by atoms with E-state index in [0.717, 1.165) is 19.4 Å². The molecule has 0 radical (unpaired) electrons. The molecule has 6 heteroatoms. The first-order valence-electron chi connectivity index (χ1n) is 6.56. The predicted octanol–water partition coefficient (Wildman–Crippen LogP) is 1.83. The standard InChI is InChI=1S/C12H19F3N2O/c13-12(14,15)9-3-1-2-4-10(9)17-11(18)8-5-6-16-7-8/h8-10,16H,1-7H2,(H,17,18). The maximum Gasteiger partial charge on any atom is 0.393 e. The molecule has 3 atom stereocenters. The molecule has 18 heavy (non-hydrogen) atoms. The van der Waals surface area contributed by atoms with Crippen LogP contribution in [0.15, 0.2) is 0 Å². The molecule has 1 amide bonds. The summed E-state index contributed by atoms with van der Waals surface area (Å²) in [6, 6.07) is -0.730. The van der Waals surface area contributed by atoms with Gasteiger partial charge in [0.05, 0.1) is 11.8 Å². The molecule has 2 rings (SSSR count). The topological polar surface area (TPSA) is 41.1 Å². The lowest BCUT2D eigenvalue weighted by molar-refractivity contribution is -0.189. The molecule has 3 unspecified atom stereocenters. The number of alkyl halides is 3. The summed E-state index contributed by atoms with van der Waals surface area (Å²) in [4.78, 5) is 11.9.